The average Bonchev–Trinajstić information content (AvgIpc) is 3.13. The lowest BCUT2D eigenvalue weighted by Crippen LogP contribution is -2.37. The minimum Gasteiger partial charge on any atom is -0.388 e. The summed E-state index contributed by atoms with van der Waals surface area (Å²) in [6.07, 6.45) is 1.05. The summed E-state index contributed by atoms with van der Waals surface area (Å²) in [5, 5.41) is 13.3. The topological polar surface area (TPSA) is 104 Å². The SMILES string of the molecule is CN(C)C(=O)CNc1nc(-c2cccc3c2CCC3O)nc(N2CCOCC2)n1. The number of aromatic nitrogens is 3. The third-order valence-corrected chi connectivity index (χ3v) is 5.29. The second kappa shape index (κ2) is 8.30. The van der Waals surface area contributed by atoms with Crippen LogP contribution in [0.15, 0.2) is 18.2 Å². The van der Waals surface area contributed by atoms with E-state index in [1.807, 2.05) is 18.2 Å². The molecule has 0 bridgehead atoms. The number of nitrogens with one attached hydrogen (secondary N) is 1. The molecular formula is C20H26N6O3. The Hall–Kier alpha value is -2.78. The smallest absolute Gasteiger partial charge is 0.241 e. The molecule has 0 spiro atoms. The first-order valence-corrected chi connectivity index (χ1v) is 9.86. The average molecular weight is 398 g/mol. The van der Waals surface area contributed by atoms with Crippen LogP contribution in [0.2, 0.25) is 0 Å². The van der Waals surface area contributed by atoms with Crippen LogP contribution in [-0.2, 0) is 16.0 Å². The molecule has 1 fully saturated rings. The number of hydrogen-bond donors (Lipinski definition) is 2. The Kier molecular flexibility index (Phi) is 5.59. The highest BCUT2D eigenvalue weighted by molar-refractivity contribution is 5.80. The molecule has 1 aromatic heterocycles. The Bertz CT molecular complexity index is 898. The van der Waals surface area contributed by atoms with E-state index in [0.29, 0.717) is 50.4 Å². The number of nitrogens with zero attached hydrogens (tertiary/aromatic N) is 5. The van der Waals surface area contributed by atoms with Gasteiger partial charge >= 0.3 is 0 Å². The molecule has 9 heteroatoms. The van der Waals surface area contributed by atoms with Crippen molar-refractivity contribution in [1.82, 2.24) is 19.9 Å². The molecule has 2 heterocycles. The van der Waals surface area contributed by atoms with Crippen LogP contribution in [0.1, 0.15) is 23.7 Å². The monoisotopic (exact) mass is 398 g/mol. The van der Waals surface area contributed by atoms with E-state index in [-0.39, 0.29) is 12.5 Å². The molecule has 2 N–H and O–H groups in total. The number of fused-ring (bicyclic) bond motifs is 1. The maximum absolute atomic E-state index is 12.0. The molecule has 0 radical (unpaired) electrons. The number of carbonyl (C=O) groups is 1. The fourth-order valence-corrected chi connectivity index (χ4v) is 3.62. The van der Waals surface area contributed by atoms with Gasteiger partial charge in [-0.25, -0.2) is 0 Å². The molecule has 1 unspecified atom stereocenters. The summed E-state index contributed by atoms with van der Waals surface area (Å²) in [6.45, 7) is 2.74. The highest BCUT2D eigenvalue weighted by Crippen LogP contribution is 2.37. The van der Waals surface area contributed by atoms with Gasteiger partial charge in [0.05, 0.1) is 25.9 Å². The first-order chi connectivity index (χ1) is 14.0. The molecule has 1 aliphatic heterocycles. The molecule has 4 rings (SSSR count). The van der Waals surface area contributed by atoms with Crippen molar-refractivity contribution in [2.24, 2.45) is 0 Å². The first kappa shape index (κ1) is 19.5. The van der Waals surface area contributed by atoms with Gasteiger partial charge in [0.25, 0.3) is 0 Å². The molecule has 1 saturated heterocycles. The summed E-state index contributed by atoms with van der Waals surface area (Å²) in [5.41, 5.74) is 2.92. The van der Waals surface area contributed by atoms with Gasteiger partial charge < -0.3 is 25.0 Å². The predicted octanol–water partition coefficient (Wildman–Crippen LogP) is 0.855. The third-order valence-electron chi connectivity index (χ3n) is 5.29. The zero-order valence-corrected chi connectivity index (χ0v) is 16.8. The fraction of sp³-hybridized carbons (Fsp3) is 0.500. The highest BCUT2D eigenvalue weighted by atomic mass is 16.5. The lowest BCUT2D eigenvalue weighted by Gasteiger charge is -2.27. The minimum absolute atomic E-state index is 0.0661. The molecule has 2 aliphatic rings. The van der Waals surface area contributed by atoms with Crippen molar-refractivity contribution in [2.45, 2.75) is 18.9 Å². The van der Waals surface area contributed by atoms with Crippen LogP contribution < -0.4 is 10.2 Å². The zero-order chi connectivity index (χ0) is 20.4. The molecule has 1 aromatic carbocycles. The second-order valence-electron chi connectivity index (χ2n) is 7.45. The van der Waals surface area contributed by atoms with Crippen LogP contribution in [0, 0.1) is 0 Å². The van der Waals surface area contributed by atoms with Gasteiger partial charge in [-0.3, -0.25) is 4.79 Å². The van der Waals surface area contributed by atoms with Gasteiger partial charge in [0.2, 0.25) is 17.8 Å². The number of rotatable bonds is 5. The number of hydrogen-bond acceptors (Lipinski definition) is 8. The number of aliphatic hydroxyl groups excluding tert-OH is 1. The van der Waals surface area contributed by atoms with E-state index in [1.165, 1.54) is 4.90 Å². The van der Waals surface area contributed by atoms with Gasteiger partial charge in [-0.05, 0) is 24.0 Å². The summed E-state index contributed by atoms with van der Waals surface area (Å²) in [6, 6.07) is 5.85. The summed E-state index contributed by atoms with van der Waals surface area (Å²) in [5.74, 6) is 1.41. The van der Waals surface area contributed by atoms with E-state index in [2.05, 4.69) is 20.2 Å². The normalized spacial score (nSPS) is 18.4. The Morgan fingerprint density at radius 1 is 1.28 bits per heavy atom. The number of amides is 1. The lowest BCUT2D eigenvalue weighted by molar-refractivity contribution is -0.126. The van der Waals surface area contributed by atoms with E-state index in [9.17, 15) is 9.90 Å². The number of likely N-dealkylation sites (N-methyl/N-ethyl adjacent to an activating group) is 1. The van der Waals surface area contributed by atoms with Crippen molar-refractivity contribution in [3.63, 3.8) is 0 Å². The number of aliphatic hydroxyl groups is 1. The number of carbonyl (C=O) groups excluding carboxylic acids is 1. The maximum atomic E-state index is 12.0. The lowest BCUT2D eigenvalue weighted by atomic mass is 10.0. The maximum Gasteiger partial charge on any atom is 0.241 e. The molecule has 0 saturated carbocycles. The van der Waals surface area contributed by atoms with Gasteiger partial charge in [-0.15, -0.1) is 0 Å². The van der Waals surface area contributed by atoms with Crippen molar-refractivity contribution >= 4 is 17.8 Å². The van der Waals surface area contributed by atoms with Crippen LogP contribution in [0.25, 0.3) is 11.4 Å². The fourth-order valence-electron chi connectivity index (χ4n) is 3.62. The molecule has 154 valence electrons. The number of anilines is 2. The van der Waals surface area contributed by atoms with E-state index < -0.39 is 6.10 Å². The summed E-state index contributed by atoms with van der Waals surface area (Å²) >= 11 is 0. The number of morpholine rings is 1. The van der Waals surface area contributed by atoms with Crippen molar-refractivity contribution in [2.75, 3.05) is 57.2 Å². The third kappa shape index (κ3) is 4.15. The van der Waals surface area contributed by atoms with Crippen molar-refractivity contribution < 1.29 is 14.6 Å². The van der Waals surface area contributed by atoms with Crippen LogP contribution in [0.5, 0.6) is 0 Å². The van der Waals surface area contributed by atoms with Gasteiger partial charge in [0.1, 0.15) is 0 Å². The molecule has 1 atom stereocenters. The Balaban J connectivity index is 1.71. The van der Waals surface area contributed by atoms with Crippen LogP contribution in [0.4, 0.5) is 11.9 Å². The van der Waals surface area contributed by atoms with E-state index in [1.54, 1.807) is 14.1 Å². The number of benzene rings is 1. The zero-order valence-electron chi connectivity index (χ0n) is 16.8. The minimum atomic E-state index is -0.444. The molecule has 9 nitrogen and oxygen atoms in total. The molecule has 1 aliphatic carbocycles. The highest BCUT2D eigenvalue weighted by Gasteiger charge is 2.25. The molecule has 2 aromatic rings. The van der Waals surface area contributed by atoms with E-state index in [0.717, 1.165) is 23.1 Å². The Morgan fingerprint density at radius 3 is 2.83 bits per heavy atom. The van der Waals surface area contributed by atoms with Crippen molar-refractivity contribution in [1.29, 1.82) is 0 Å². The second-order valence-corrected chi connectivity index (χ2v) is 7.45. The molecule has 29 heavy (non-hydrogen) atoms. The number of ether oxygens (including phenoxy) is 1. The van der Waals surface area contributed by atoms with Gasteiger partial charge in [0.15, 0.2) is 5.82 Å². The van der Waals surface area contributed by atoms with Gasteiger partial charge in [0, 0.05) is 32.7 Å². The van der Waals surface area contributed by atoms with Gasteiger partial charge in [-0.1, -0.05) is 18.2 Å². The van der Waals surface area contributed by atoms with Crippen molar-refractivity contribution in [3.05, 3.63) is 29.3 Å². The summed E-state index contributed by atoms with van der Waals surface area (Å²) < 4.78 is 5.44. The standard InChI is InChI=1S/C20H26N6O3/c1-25(2)17(28)12-21-19-22-18(23-20(24-19)26-8-10-29-11-9-26)15-5-3-4-14-13(15)6-7-16(14)27/h3-5,16,27H,6-12H2,1-2H3,(H,21,22,23,24). The molecule has 1 amide bonds. The van der Waals surface area contributed by atoms with Crippen LogP contribution in [0.3, 0.4) is 0 Å². The van der Waals surface area contributed by atoms with Crippen molar-refractivity contribution in [3.8, 4) is 11.4 Å². The van der Waals surface area contributed by atoms with E-state index >= 15 is 0 Å². The predicted molar refractivity (Wildman–Crippen MR) is 109 cm³/mol. The first-order valence-electron chi connectivity index (χ1n) is 9.86. The Labute approximate surface area is 169 Å². The van der Waals surface area contributed by atoms with Crippen LogP contribution >= 0.6 is 0 Å². The summed E-state index contributed by atoms with van der Waals surface area (Å²) in [4.78, 5) is 29.4. The summed E-state index contributed by atoms with van der Waals surface area (Å²) in [7, 11) is 3.42. The van der Waals surface area contributed by atoms with E-state index in [4.69, 9.17) is 9.72 Å². The Morgan fingerprint density at radius 2 is 2.07 bits per heavy atom. The largest absolute Gasteiger partial charge is 0.388 e. The molecular weight excluding hydrogens is 372 g/mol. The van der Waals surface area contributed by atoms with Crippen LogP contribution in [-0.4, -0.2) is 77.8 Å². The quantitative estimate of drug-likeness (QED) is 0.764. The van der Waals surface area contributed by atoms with Gasteiger partial charge in [-0.2, -0.15) is 15.0 Å².